The summed E-state index contributed by atoms with van der Waals surface area (Å²) in [5, 5.41) is 44.1. The minimum absolute atomic E-state index is 0. The van der Waals surface area contributed by atoms with Gasteiger partial charge in [0.05, 0.1) is 30.0 Å². The van der Waals surface area contributed by atoms with Crippen LogP contribution in [0.5, 0.6) is 0 Å². The van der Waals surface area contributed by atoms with E-state index in [1.54, 1.807) is 0 Å². The molecule has 1 aliphatic heterocycles. The van der Waals surface area contributed by atoms with Gasteiger partial charge >= 0.3 is 0 Å². The predicted octanol–water partition coefficient (Wildman–Crippen LogP) is -8.51. The summed E-state index contributed by atoms with van der Waals surface area (Å²) in [6.07, 6.45) is -1.46. The molecule has 0 aromatic heterocycles. The number of rotatable bonds is 8. The zero-order chi connectivity index (χ0) is 22.0. The first-order valence-electron chi connectivity index (χ1n) is 9.05. The van der Waals surface area contributed by atoms with Gasteiger partial charge in [-0.2, -0.15) is 0 Å². The summed E-state index contributed by atoms with van der Waals surface area (Å²) in [6, 6.07) is 0. The van der Waals surface area contributed by atoms with E-state index in [1.165, 1.54) is 19.6 Å². The molecule has 0 aliphatic carbocycles. The Labute approximate surface area is 206 Å². The second-order valence-corrected chi connectivity index (χ2v) is 6.74. The van der Waals surface area contributed by atoms with Crippen molar-refractivity contribution in [3.8, 4) is 0 Å². The van der Waals surface area contributed by atoms with Crippen LogP contribution in [0.1, 0.15) is 0 Å². The molecule has 0 bridgehead atoms. The Balaban J connectivity index is 0.00000841. The number of carboxylic acids is 4. The molecule has 1 unspecified atom stereocenters. The summed E-state index contributed by atoms with van der Waals surface area (Å²) >= 11 is 0. The van der Waals surface area contributed by atoms with Gasteiger partial charge in [-0.05, 0) is 0 Å². The first kappa shape index (κ1) is 29.0. The normalized spacial score (nSPS) is 19.6. The van der Waals surface area contributed by atoms with E-state index in [1.807, 2.05) is 0 Å². The number of carboxylic acid groups (broad SMARTS) is 4. The van der Waals surface area contributed by atoms with E-state index in [-0.39, 0.29) is 92.3 Å². The molecule has 0 saturated carbocycles. The molecule has 1 heterocycles. The van der Waals surface area contributed by atoms with Crippen molar-refractivity contribution >= 4 is 23.9 Å². The van der Waals surface area contributed by atoms with Crippen molar-refractivity contribution < 1.29 is 79.5 Å². The number of carbonyl (C=O) groups excluding carboxylic acids is 4. The molecular formula is C16H25GdN5O8-4. The van der Waals surface area contributed by atoms with Gasteiger partial charge in [0.1, 0.15) is 0 Å². The number of hydrogen-bond donors (Lipinski definition) is 1. The molecule has 1 saturated heterocycles. The Bertz CT molecular complexity index is 564. The van der Waals surface area contributed by atoms with Gasteiger partial charge in [0.2, 0.25) is 0 Å². The summed E-state index contributed by atoms with van der Waals surface area (Å²) in [5.74, 6) is -5.50. The summed E-state index contributed by atoms with van der Waals surface area (Å²) in [5.41, 5.74) is 5.63. The quantitative estimate of drug-likeness (QED) is 0.288. The van der Waals surface area contributed by atoms with Gasteiger partial charge in [-0.1, -0.05) is 0 Å². The maximum Gasteiger partial charge on any atom is 0.0984 e. The molecule has 13 nitrogen and oxygen atoms in total. The molecule has 2 N–H and O–H groups in total. The van der Waals surface area contributed by atoms with Crippen molar-refractivity contribution in [2.45, 2.75) is 6.17 Å². The molecule has 0 aromatic rings. The summed E-state index contributed by atoms with van der Waals surface area (Å²) < 4.78 is 0. The Morgan fingerprint density at radius 1 is 0.633 bits per heavy atom. The Hall–Kier alpha value is -0.995. The first-order chi connectivity index (χ1) is 13.6. The van der Waals surface area contributed by atoms with Gasteiger partial charge in [0.15, 0.2) is 0 Å². The molecule has 0 amide bonds. The minimum Gasteiger partial charge on any atom is -0.549 e. The SMILES string of the molecule is NC(C(=O)[O-])N1CCN(CC(=O)[O-])CCN(CC(=O)[O-])CCN(CC(=O)[O-])CC1.[Gd]. The fraction of sp³-hybridized carbons (Fsp3) is 0.750. The predicted molar refractivity (Wildman–Crippen MR) is 88.9 cm³/mol. The second kappa shape index (κ2) is 14.9. The Morgan fingerprint density at radius 3 is 1.13 bits per heavy atom. The van der Waals surface area contributed by atoms with E-state index < -0.39 is 49.7 Å². The van der Waals surface area contributed by atoms with Crippen LogP contribution in [-0.4, -0.2) is 122 Å². The van der Waals surface area contributed by atoms with Gasteiger partial charge in [-0.15, -0.1) is 0 Å². The van der Waals surface area contributed by atoms with Gasteiger partial charge in [-0.3, -0.25) is 19.6 Å². The van der Waals surface area contributed by atoms with Gasteiger partial charge in [0.25, 0.3) is 0 Å². The van der Waals surface area contributed by atoms with Crippen molar-refractivity contribution in [1.82, 2.24) is 19.6 Å². The van der Waals surface area contributed by atoms with E-state index in [9.17, 15) is 39.6 Å². The number of hydrogen-bond acceptors (Lipinski definition) is 13. The third-order valence-electron chi connectivity index (χ3n) is 4.56. The molecule has 0 aromatic carbocycles. The molecule has 14 heteroatoms. The Kier molecular flexibility index (Phi) is 14.4. The standard InChI is InChI=1S/C16H29N5O8.Gd/c17-15(16(28)29)21-7-5-19(10-13(24)25)3-1-18(9-12(22)23)2-4-20(6-8-21)11-14(26)27;/h15H,1-11,17H2,(H,22,23)(H,24,25)(H,26,27)(H,28,29);/p-4. The van der Waals surface area contributed by atoms with Crippen molar-refractivity contribution in [2.75, 3.05) is 72.0 Å². The van der Waals surface area contributed by atoms with Crippen molar-refractivity contribution in [1.29, 1.82) is 0 Å². The molecule has 1 fully saturated rings. The average molecular weight is 573 g/mol. The maximum absolute atomic E-state index is 11.2. The maximum atomic E-state index is 11.2. The monoisotopic (exact) mass is 573 g/mol. The number of carbonyl (C=O) groups is 4. The van der Waals surface area contributed by atoms with Crippen LogP contribution in [0.15, 0.2) is 0 Å². The van der Waals surface area contributed by atoms with E-state index in [0.717, 1.165) is 0 Å². The largest absolute Gasteiger partial charge is 0.549 e. The second-order valence-electron chi connectivity index (χ2n) is 6.74. The van der Waals surface area contributed by atoms with Crippen LogP contribution in [0.4, 0.5) is 0 Å². The van der Waals surface area contributed by atoms with Crippen LogP contribution in [0.2, 0.25) is 0 Å². The number of nitrogens with two attached hydrogens (primary N) is 1. The van der Waals surface area contributed by atoms with E-state index >= 15 is 0 Å². The topological polar surface area (TPSA) is 200 Å². The summed E-state index contributed by atoms with van der Waals surface area (Å²) in [7, 11) is 0. The molecule has 1 atom stereocenters. The third-order valence-corrected chi connectivity index (χ3v) is 4.56. The Morgan fingerprint density at radius 2 is 0.900 bits per heavy atom. The van der Waals surface area contributed by atoms with Crippen LogP contribution < -0.4 is 26.2 Å². The van der Waals surface area contributed by atoms with E-state index in [4.69, 9.17) is 5.73 Å². The van der Waals surface area contributed by atoms with Crippen LogP contribution in [0, 0.1) is 39.9 Å². The van der Waals surface area contributed by atoms with E-state index in [0.29, 0.717) is 0 Å². The third kappa shape index (κ3) is 12.0. The van der Waals surface area contributed by atoms with Crippen LogP contribution in [0.25, 0.3) is 0 Å². The van der Waals surface area contributed by atoms with Crippen molar-refractivity contribution in [2.24, 2.45) is 5.73 Å². The van der Waals surface area contributed by atoms with Gasteiger partial charge < -0.3 is 45.3 Å². The molecule has 30 heavy (non-hydrogen) atoms. The zero-order valence-corrected chi connectivity index (χ0v) is 18.6. The number of aliphatic carboxylic acids is 4. The van der Waals surface area contributed by atoms with E-state index in [2.05, 4.69) is 0 Å². The van der Waals surface area contributed by atoms with Crippen LogP contribution >= 0.6 is 0 Å². The van der Waals surface area contributed by atoms with Gasteiger partial charge in [-0.25, -0.2) is 0 Å². The minimum atomic E-state index is -1.52. The first-order valence-corrected chi connectivity index (χ1v) is 9.05. The van der Waals surface area contributed by atoms with Crippen LogP contribution in [-0.2, 0) is 19.2 Å². The molecular weight excluding hydrogens is 547 g/mol. The summed E-state index contributed by atoms with van der Waals surface area (Å²) in [6.45, 7) is -0.200. The molecule has 174 valence electrons. The number of nitrogens with zero attached hydrogens (tertiary/aromatic N) is 4. The van der Waals surface area contributed by atoms with Crippen LogP contribution in [0.3, 0.4) is 0 Å². The summed E-state index contributed by atoms with van der Waals surface area (Å²) in [4.78, 5) is 49.9. The smallest absolute Gasteiger partial charge is 0.0984 e. The van der Waals surface area contributed by atoms with Gasteiger partial charge in [0, 0.05) is 112 Å². The molecule has 0 spiro atoms. The average Bonchev–Trinajstić information content (AvgIpc) is 2.59. The molecule has 1 aliphatic rings. The zero-order valence-electron chi connectivity index (χ0n) is 16.3. The van der Waals surface area contributed by atoms with Crippen molar-refractivity contribution in [3.63, 3.8) is 0 Å². The fourth-order valence-corrected chi connectivity index (χ4v) is 3.00. The van der Waals surface area contributed by atoms with Crippen molar-refractivity contribution in [3.05, 3.63) is 0 Å². The molecule has 1 rings (SSSR count). The molecule has 0 radical (unpaired) electrons. The fourth-order valence-electron chi connectivity index (χ4n) is 3.00.